The zero-order valence-corrected chi connectivity index (χ0v) is 22.7. The summed E-state index contributed by atoms with van der Waals surface area (Å²) in [7, 11) is 1.31. The molecule has 0 aliphatic heterocycles. The average molecular weight is 555 g/mol. The predicted molar refractivity (Wildman–Crippen MR) is 144 cm³/mol. The van der Waals surface area contributed by atoms with Gasteiger partial charge in [-0.3, -0.25) is 5.32 Å². The number of anilines is 2. The van der Waals surface area contributed by atoms with Gasteiger partial charge in [0, 0.05) is 6.54 Å². The third-order valence-electron chi connectivity index (χ3n) is 5.24. The fourth-order valence-corrected chi connectivity index (χ4v) is 3.64. The summed E-state index contributed by atoms with van der Waals surface area (Å²) in [4.78, 5) is 34.6. The zero-order valence-electron chi connectivity index (χ0n) is 21.9. The van der Waals surface area contributed by atoms with Gasteiger partial charge >= 0.3 is 12.1 Å². The van der Waals surface area contributed by atoms with Gasteiger partial charge in [0.2, 0.25) is 0 Å². The van der Waals surface area contributed by atoms with Gasteiger partial charge in [0.15, 0.2) is 17.3 Å². The molecule has 2 aromatic carbocycles. The Morgan fingerprint density at radius 2 is 1.87 bits per heavy atom. The number of hydrogen-bond donors (Lipinski definition) is 2. The largest absolute Gasteiger partial charge is 0.494 e. The van der Waals surface area contributed by atoms with Crippen molar-refractivity contribution in [1.82, 2.24) is 14.9 Å². The van der Waals surface area contributed by atoms with E-state index in [1.807, 2.05) is 36.4 Å². The number of nitrogens with one attached hydrogen (secondary N) is 2. The number of ether oxygens (including phenoxy) is 2. The van der Waals surface area contributed by atoms with Crippen molar-refractivity contribution in [1.29, 1.82) is 5.26 Å². The number of methoxy groups -OCH3 is 1. The molecule has 10 nitrogen and oxygen atoms in total. The summed E-state index contributed by atoms with van der Waals surface area (Å²) in [6, 6.07) is 12.0. The molecule has 0 fully saturated rings. The molecule has 1 heterocycles. The minimum atomic E-state index is -0.945. The first-order chi connectivity index (χ1) is 18.5. The number of carbonyl (C=O) groups excluding carboxylic acids is 2. The van der Waals surface area contributed by atoms with Crippen LogP contribution in [0.1, 0.15) is 37.6 Å². The maximum Gasteiger partial charge on any atom is 0.410 e. The van der Waals surface area contributed by atoms with Gasteiger partial charge < -0.3 is 19.7 Å². The highest BCUT2D eigenvalue weighted by molar-refractivity contribution is 6.32. The van der Waals surface area contributed by atoms with Crippen molar-refractivity contribution >= 4 is 35.2 Å². The molecule has 0 bridgehead atoms. The van der Waals surface area contributed by atoms with Crippen molar-refractivity contribution in [2.24, 2.45) is 0 Å². The van der Waals surface area contributed by atoms with Crippen LogP contribution in [0, 0.1) is 17.1 Å². The van der Waals surface area contributed by atoms with Crippen LogP contribution in [0.5, 0.6) is 5.75 Å². The lowest BCUT2D eigenvalue weighted by molar-refractivity contribution is 0.0235. The SMILES string of the molecule is COc1cc(CN(CCc2ccccc2)C(=O)OC(C)(C)C)c(Cl)c(F)c1NC(=O)Nc1cnc(C#N)cn1. The third-order valence-corrected chi connectivity index (χ3v) is 5.65. The van der Waals surface area contributed by atoms with E-state index in [9.17, 15) is 9.59 Å². The Labute approximate surface area is 230 Å². The molecule has 0 saturated carbocycles. The molecule has 0 radical (unpaired) electrons. The quantitative estimate of drug-likeness (QED) is 0.361. The normalized spacial score (nSPS) is 10.8. The number of nitrogens with zero attached hydrogens (tertiary/aromatic N) is 4. The number of hydrogen-bond acceptors (Lipinski definition) is 7. The summed E-state index contributed by atoms with van der Waals surface area (Å²) in [5.41, 5.74) is 0.292. The van der Waals surface area contributed by atoms with Crippen molar-refractivity contribution in [3.8, 4) is 11.8 Å². The Bertz CT molecular complexity index is 1360. The lowest BCUT2D eigenvalue weighted by Crippen LogP contribution is -2.37. The molecule has 0 unspecified atom stereocenters. The first-order valence-electron chi connectivity index (χ1n) is 11.9. The second kappa shape index (κ2) is 12.9. The van der Waals surface area contributed by atoms with E-state index < -0.39 is 23.5 Å². The van der Waals surface area contributed by atoms with Gasteiger partial charge in [-0.25, -0.2) is 23.9 Å². The number of amides is 3. The number of rotatable bonds is 8. The summed E-state index contributed by atoms with van der Waals surface area (Å²) in [6.07, 6.45) is 2.31. The van der Waals surface area contributed by atoms with Gasteiger partial charge in [0.1, 0.15) is 23.1 Å². The van der Waals surface area contributed by atoms with Crippen molar-refractivity contribution < 1.29 is 23.5 Å². The molecule has 1 aromatic heterocycles. The van der Waals surface area contributed by atoms with Crippen molar-refractivity contribution in [3.63, 3.8) is 0 Å². The van der Waals surface area contributed by atoms with Gasteiger partial charge in [-0.1, -0.05) is 41.9 Å². The van der Waals surface area contributed by atoms with Gasteiger partial charge in [0.05, 0.1) is 31.1 Å². The molecule has 2 N–H and O–H groups in total. The minimum Gasteiger partial charge on any atom is -0.494 e. The predicted octanol–water partition coefficient (Wildman–Crippen LogP) is 5.77. The van der Waals surface area contributed by atoms with E-state index in [0.29, 0.717) is 6.42 Å². The molecule has 0 atom stereocenters. The Morgan fingerprint density at radius 3 is 2.46 bits per heavy atom. The molecular weight excluding hydrogens is 527 g/mol. The lowest BCUT2D eigenvalue weighted by atomic mass is 10.1. The highest BCUT2D eigenvalue weighted by Gasteiger charge is 2.26. The summed E-state index contributed by atoms with van der Waals surface area (Å²) in [6.45, 7) is 5.48. The zero-order chi connectivity index (χ0) is 28.6. The number of benzene rings is 2. The summed E-state index contributed by atoms with van der Waals surface area (Å²) in [5, 5.41) is 13.3. The standard InChI is InChI=1S/C27H28ClFN6O4/c1-27(2,3)39-26(37)35(11-10-17-8-6-5-7-9-17)16-18-12-20(38-4)24(23(29)22(18)28)34-25(36)33-21-15-31-19(13-30)14-32-21/h5-9,12,14-15H,10-11,16H2,1-4H3,(H2,32,33,34,36). The molecule has 3 aromatic rings. The highest BCUT2D eigenvalue weighted by atomic mass is 35.5. The van der Waals surface area contributed by atoms with Crippen LogP contribution in [0.15, 0.2) is 48.8 Å². The Hall–Kier alpha value is -4.43. The molecule has 204 valence electrons. The first-order valence-corrected chi connectivity index (χ1v) is 12.3. The van der Waals surface area contributed by atoms with E-state index in [-0.39, 0.29) is 46.6 Å². The highest BCUT2D eigenvalue weighted by Crippen LogP contribution is 2.36. The van der Waals surface area contributed by atoms with E-state index in [4.69, 9.17) is 26.3 Å². The van der Waals surface area contributed by atoms with Crippen LogP contribution in [0.2, 0.25) is 5.02 Å². The molecule has 0 aliphatic rings. The fourth-order valence-electron chi connectivity index (χ4n) is 3.43. The molecule has 0 aliphatic carbocycles. The summed E-state index contributed by atoms with van der Waals surface area (Å²) < 4.78 is 26.3. The Morgan fingerprint density at radius 1 is 1.15 bits per heavy atom. The van der Waals surface area contributed by atoms with Crippen molar-refractivity contribution in [3.05, 3.63) is 76.5 Å². The van der Waals surface area contributed by atoms with Gasteiger partial charge in [-0.15, -0.1) is 0 Å². The molecule has 12 heteroatoms. The lowest BCUT2D eigenvalue weighted by Gasteiger charge is -2.28. The summed E-state index contributed by atoms with van der Waals surface area (Å²) >= 11 is 6.37. The Balaban J connectivity index is 1.83. The smallest absolute Gasteiger partial charge is 0.410 e. The van der Waals surface area contributed by atoms with Gasteiger partial charge in [-0.2, -0.15) is 5.26 Å². The van der Waals surface area contributed by atoms with Gasteiger partial charge in [-0.05, 0) is 44.4 Å². The molecule has 3 amide bonds. The second-order valence-electron chi connectivity index (χ2n) is 9.36. The van der Waals surface area contributed by atoms with E-state index >= 15 is 4.39 Å². The van der Waals surface area contributed by atoms with Crippen LogP contribution in [0.4, 0.5) is 25.5 Å². The van der Waals surface area contributed by atoms with E-state index in [0.717, 1.165) is 5.56 Å². The monoisotopic (exact) mass is 554 g/mol. The van der Waals surface area contributed by atoms with Crippen molar-refractivity contribution in [2.75, 3.05) is 24.3 Å². The molecule has 3 rings (SSSR count). The van der Waals surface area contributed by atoms with Crippen LogP contribution in [-0.4, -0.2) is 46.2 Å². The molecular formula is C27H28ClFN6O4. The summed E-state index contributed by atoms with van der Waals surface area (Å²) in [5.74, 6) is -0.917. The fraction of sp³-hybridized carbons (Fsp3) is 0.296. The maximum atomic E-state index is 15.4. The Kier molecular flexibility index (Phi) is 9.62. The third kappa shape index (κ3) is 8.28. The number of aromatic nitrogens is 2. The van der Waals surface area contributed by atoms with Crippen LogP contribution in [-0.2, 0) is 17.7 Å². The number of carbonyl (C=O) groups is 2. The van der Waals surface area contributed by atoms with Gasteiger partial charge in [0.25, 0.3) is 0 Å². The van der Waals surface area contributed by atoms with E-state index in [1.54, 1.807) is 20.8 Å². The van der Waals surface area contributed by atoms with Crippen molar-refractivity contribution in [2.45, 2.75) is 39.3 Å². The maximum absolute atomic E-state index is 15.4. The van der Waals surface area contributed by atoms with E-state index in [2.05, 4.69) is 20.6 Å². The number of halogens is 2. The average Bonchev–Trinajstić information content (AvgIpc) is 2.90. The van der Waals surface area contributed by atoms with Crippen LogP contribution < -0.4 is 15.4 Å². The minimum absolute atomic E-state index is 0.0137. The molecule has 39 heavy (non-hydrogen) atoms. The van der Waals surface area contributed by atoms with Crippen LogP contribution in [0.25, 0.3) is 0 Å². The van der Waals surface area contributed by atoms with E-state index in [1.165, 1.54) is 30.5 Å². The molecule has 0 spiro atoms. The second-order valence-corrected chi connectivity index (χ2v) is 9.73. The first kappa shape index (κ1) is 29.1. The number of nitriles is 1. The van der Waals surface area contributed by atoms with Crippen LogP contribution >= 0.6 is 11.6 Å². The number of urea groups is 1. The molecule has 0 saturated heterocycles. The topological polar surface area (TPSA) is 129 Å². The van der Waals surface area contributed by atoms with Crippen LogP contribution in [0.3, 0.4) is 0 Å².